The van der Waals surface area contributed by atoms with Gasteiger partial charge in [0.25, 0.3) is 5.69 Å². The van der Waals surface area contributed by atoms with E-state index in [9.17, 15) is 10.1 Å². The molecule has 0 heterocycles. The molecule has 2 rings (SSSR count). The molecule has 0 fully saturated rings. The van der Waals surface area contributed by atoms with Gasteiger partial charge in [0, 0.05) is 17.2 Å². The van der Waals surface area contributed by atoms with E-state index in [1.165, 1.54) is 24.3 Å². The molecule has 6 nitrogen and oxygen atoms in total. The van der Waals surface area contributed by atoms with Crippen LogP contribution in [0.25, 0.3) is 0 Å². The van der Waals surface area contributed by atoms with Crippen LogP contribution in [0.15, 0.2) is 52.8 Å². The second kappa shape index (κ2) is 6.31. The van der Waals surface area contributed by atoms with Gasteiger partial charge in [0.1, 0.15) is 5.69 Å². The molecular formula is C12H8Cl2N4O2. The van der Waals surface area contributed by atoms with Crippen molar-refractivity contribution in [2.75, 3.05) is 5.43 Å². The van der Waals surface area contributed by atoms with Crippen molar-refractivity contribution in [3.63, 3.8) is 0 Å². The fraction of sp³-hybridized carbons (Fsp3) is 0. The highest BCUT2D eigenvalue weighted by Crippen LogP contribution is 2.28. The highest BCUT2D eigenvalue weighted by Gasteiger charge is 2.03. The standard InChI is InChI=1S/C12H8Cl2N4O2/c13-8-1-6-11(14)12(7-8)16-17-15-9-2-4-10(5-3-9)18(19)20/h1-7H,(H,15,16). The minimum Gasteiger partial charge on any atom is -0.260 e. The average Bonchev–Trinajstić information content (AvgIpc) is 2.43. The number of nitro groups is 1. The van der Waals surface area contributed by atoms with Gasteiger partial charge in [-0.25, -0.2) is 0 Å². The third kappa shape index (κ3) is 3.66. The van der Waals surface area contributed by atoms with Crippen LogP contribution in [0, 0.1) is 10.1 Å². The smallest absolute Gasteiger partial charge is 0.260 e. The van der Waals surface area contributed by atoms with Gasteiger partial charge in [0.2, 0.25) is 0 Å². The maximum atomic E-state index is 10.5. The summed E-state index contributed by atoms with van der Waals surface area (Å²) in [6.45, 7) is 0. The molecule has 102 valence electrons. The zero-order chi connectivity index (χ0) is 14.5. The van der Waals surface area contributed by atoms with Gasteiger partial charge in [-0.2, -0.15) is 0 Å². The van der Waals surface area contributed by atoms with Gasteiger partial charge in [0.15, 0.2) is 0 Å². The number of hydrogen-bond acceptors (Lipinski definition) is 4. The molecule has 0 unspecified atom stereocenters. The highest BCUT2D eigenvalue weighted by atomic mass is 35.5. The zero-order valence-electron chi connectivity index (χ0n) is 9.96. The summed E-state index contributed by atoms with van der Waals surface area (Å²) in [5.41, 5.74) is 3.64. The van der Waals surface area contributed by atoms with E-state index < -0.39 is 4.92 Å². The first-order chi connectivity index (χ1) is 9.56. The minimum absolute atomic E-state index is 0.00498. The number of halogens is 2. The van der Waals surface area contributed by atoms with Crippen LogP contribution in [0.4, 0.5) is 17.1 Å². The molecule has 0 amide bonds. The van der Waals surface area contributed by atoms with Crippen molar-refractivity contribution in [3.8, 4) is 0 Å². The van der Waals surface area contributed by atoms with Crippen molar-refractivity contribution >= 4 is 40.3 Å². The first-order valence-corrected chi connectivity index (χ1v) is 6.18. The Morgan fingerprint density at radius 2 is 1.80 bits per heavy atom. The fourth-order valence-corrected chi connectivity index (χ4v) is 1.68. The van der Waals surface area contributed by atoms with Gasteiger partial charge in [-0.1, -0.05) is 28.4 Å². The minimum atomic E-state index is -0.475. The summed E-state index contributed by atoms with van der Waals surface area (Å²) in [6, 6.07) is 10.6. The predicted octanol–water partition coefficient (Wildman–Crippen LogP) is 5.01. The molecule has 8 heteroatoms. The van der Waals surface area contributed by atoms with Crippen molar-refractivity contribution in [1.82, 2.24) is 0 Å². The Morgan fingerprint density at radius 1 is 1.10 bits per heavy atom. The summed E-state index contributed by atoms with van der Waals surface area (Å²) in [5, 5.41) is 19.0. The van der Waals surface area contributed by atoms with Crippen LogP contribution in [0.3, 0.4) is 0 Å². The Morgan fingerprint density at radius 3 is 2.45 bits per heavy atom. The molecule has 0 aliphatic heterocycles. The van der Waals surface area contributed by atoms with Crippen molar-refractivity contribution in [1.29, 1.82) is 0 Å². The number of anilines is 1. The van der Waals surface area contributed by atoms with E-state index >= 15 is 0 Å². The summed E-state index contributed by atoms with van der Waals surface area (Å²) in [7, 11) is 0. The highest BCUT2D eigenvalue weighted by molar-refractivity contribution is 6.35. The van der Waals surface area contributed by atoms with Crippen molar-refractivity contribution < 1.29 is 4.92 Å². The van der Waals surface area contributed by atoms with Gasteiger partial charge in [-0.05, 0) is 30.3 Å². The Kier molecular flexibility index (Phi) is 4.49. The van der Waals surface area contributed by atoms with E-state index in [0.717, 1.165) is 0 Å². The number of nitro benzene ring substituents is 1. The normalized spacial score (nSPS) is 10.7. The van der Waals surface area contributed by atoms with Crippen LogP contribution in [0.5, 0.6) is 0 Å². The molecule has 0 saturated heterocycles. The van der Waals surface area contributed by atoms with Gasteiger partial charge in [-0.3, -0.25) is 15.5 Å². The van der Waals surface area contributed by atoms with Gasteiger partial charge >= 0.3 is 0 Å². The lowest BCUT2D eigenvalue weighted by Gasteiger charge is -1.99. The molecule has 0 atom stereocenters. The first-order valence-electron chi connectivity index (χ1n) is 5.42. The third-order valence-electron chi connectivity index (χ3n) is 2.32. The number of benzene rings is 2. The van der Waals surface area contributed by atoms with Crippen LogP contribution in [-0.2, 0) is 0 Å². The topological polar surface area (TPSA) is 79.9 Å². The van der Waals surface area contributed by atoms with E-state index in [1.54, 1.807) is 18.2 Å². The second-order valence-electron chi connectivity index (χ2n) is 3.71. The van der Waals surface area contributed by atoms with E-state index in [-0.39, 0.29) is 5.69 Å². The van der Waals surface area contributed by atoms with Crippen molar-refractivity contribution in [2.45, 2.75) is 0 Å². The summed E-state index contributed by atoms with van der Waals surface area (Å²) in [4.78, 5) is 10.0. The van der Waals surface area contributed by atoms with Crippen LogP contribution in [0.2, 0.25) is 10.0 Å². The number of non-ortho nitro benzene ring substituents is 1. The van der Waals surface area contributed by atoms with Crippen LogP contribution >= 0.6 is 23.2 Å². The molecule has 0 saturated carbocycles. The molecule has 0 aliphatic carbocycles. The van der Waals surface area contributed by atoms with Crippen LogP contribution < -0.4 is 5.43 Å². The Hall–Kier alpha value is -2.18. The van der Waals surface area contributed by atoms with E-state index in [0.29, 0.717) is 21.4 Å². The lowest BCUT2D eigenvalue weighted by Crippen LogP contribution is -1.89. The molecule has 2 aromatic rings. The molecule has 0 aromatic heterocycles. The maximum Gasteiger partial charge on any atom is 0.269 e. The van der Waals surface area contributed by atoms with E-state index in [2.05, 4.69) is 15.8 Å². The molecule has 0 aliphatic rings. The lowest BCUT2D eigenvalue weighted by molar-refractivity contribution is -0.384. The Balaban J connectivity index is 2.06. The van der Waals surface area contributed by atoms with Crippen molar-refractivity contribution in [3.05, 3.63) is 62.6 Å². The fourth-order valence-electron chi connectivity index (χ4n) is 1.36. The Bertz CT molecular complexity index is 659. The molecule has 0 radical (unpaired) electrons. The molecule has 0 spiro atoms. The second-order valence-corrected chi connectivity index (χ2v) is 4.56. The monoisotopic (exact) mass is 310 g/mol. The number of hydrogen-bond donors (Lipinski definition) is 1. The number of nitrogens with zero attached hydrogens (tertiary/aromatic N) is 3. The molecule has 1 N–H and O–H groups in total. The maximum absolute atomic E-state index is 10.5. The summed E-state index contributed by atoms with van der Waals surface area (Å²) >= 11 is 11.7. The zero-order valence-corrected chi connectivity index (χ0v) is 11.5. The van der Waals surface area contributed by atoms with E-state index in [4.69, 9.17) is 23.2 Å². The van der Waals surface area contributed by atoms with Gasteiger partial charge in [0.05, 0.1) is 15.6 Å². The van der Waals surface area contributed by atoms with Gasteiger partial charge < -0.3 is 0 Å². The first kappa shape index (κ1) is 14.2. The summed E-state index contributed by atoms with van der Waals surface area (Å²) in [6.07, 6.45) is 0. The van der Waals surface area contributed by atoms with Gasteiger partial charge in [-0.15, -0.1) is 5.11 Å². The predicted molar refractivity (Wildman–Crippen MR) is 77.7 cm³/mol. The van der Waals surface area contributed by atoms with Crippen LogP contribution in [0.1, 0.15) is 0 Å². The molecule has 0 bridgehead atoms. The van der Waals surface area contributed by atoms with Crippen LogP contribution in [-0.4, -0.2) is 4.92 Å². The third-order valence-corrected chi connectivity index (χ3v) is 2.88. The SMILES string of the molecule is O=[N+]([O-])c1ccc(NN=Nc2cc(Cl)ccc2Cl)cc1. The molecule has 20 heavy (non-hydrogen) atoms. The number of rotatable bonds is 4. The summed E-state index contributed by atoms with van der Waals surface area (Å²) < 4.78 is 0. The number of nitrogens with one attached hydrogen (secondary N) is 1. The Labute approximate surface area is 124 Å². The molecular weight excluding hydrogens is 303 g/mol. The quantitative estimate of drug-likeness (QED) is 0.489. The molecule has 2 aromatic carbocycles. The summed E-state index contributed by atoms with van der Waals surface area (Å²) in [5.74, 6) is 0. The lowest BCUT2D eigenvalue weighted by atomic mass is 10.3. The average molecular weight is 311 g/mol. The van der Waals surface area contributed by atoms with E-state index in [1.807, 2.05) is 0 Å². The van der Waals surface area contributed by atoms with Crippen molar-refractivity contribution in [2.24, 2.45) is 10.3 Å². The largest absolute Gasteiger partial charge is 0.269 e.